The minimum Gasteiger partial charge on any atom is -0.493 e. The minimum absolute atomic E-state index is 0.138. The number of rotatable bonds is 7. The molecular formula is C25H24N4O3. The summed E-state index contributed by atoms with van der Waals surface area (Å²) in [6, 6.07) is 19.0. The number of ether oxygens (including phenoxy) is 2. The largest absolute Gasteiger partial charge is 0.493 e. The molecule has 0 fully saturated rings. The minimum atomic E-state index is -0.138. The van der Waals surface area contributed by atoms with Crippen LogP contribution in [-0.2, 0) is 6.54 Å². The highest BCUT2D eigenvalue weighted by Crippen LogP contribution is 2.33. The van der Waals surface area contributed by atoms with Crippen LogP contribution in [0.5, 0.6) is 11.5 Å². The molecule has 1 amide bonds. The first-order valence-corrected chi connectivity index (χ1v) is 10.1. The number of hydrogen-bond acceptors (Lipinski definition) is 5. The molecule has 0 aliphatic heterocycles. The molecule has 4 rings (SSSR count). The van der Waals surface area contributed by atoms with E-state index in [-0.39, 0.29) is 5.91 Å². The highest BCUT2D eigenvalue weighted by molar-refractivity contribution is 6.00. The summed E-state index contributed by atoms with van der Waals surface area (Å²) in [7, 11) is 4.94. The van der Waals surface area contributed by atoms with Crippen molar-refractivity contribution in [3.8, 4) is 28.4 Å². The number of benzene rings is 2. The fraction of sp³-hybridized carbons (Fsp3) is 0.160. The van der Waals surface area contributed by atoms with Gasteiger partial charge in [-0.15, -0.1) is 0 Å². The maximum atomic E-state index is 13.5. The Labute approximate surface area is 186 Å². The van der Waals surface area contributed by atoms with E-state index in [0.717, 1.165) is 16.8 Å². The lowest BCUT2D eigenvalue weighted by Crippen LogP contribution is -2.26. The molecule has 0 atom stereocenters. The van der Waals surface area contributed by atoms with E-state index in [4.69, 9.17) is 14.6 Å². The summed E-state index contributed by atoms with van der Waals surface area (Å²) in [6.45, 7) is 0.439. The molecule has 0 saturated carbocycles. The molecule has 2 heterocycles. The number of amides is 1. The van der Waals surface area contributed by atoms with Gasteiger partial charge >= 0.3 is 0 Å². The summed E-state index contributed by atoms with van der Waals surface area (Å²) >= 11 is 0. The quantitative estimate of drug-likeness (QED) is 0.441. The van der Waals surface area contributed by atoms with Gasteiger partial charge in [0.05, 0.1) is 25.5 Å². The Balaban J connectivity index is 1.76. The molecule has 2 aromatic carbocycles. The van der Waals surface area contributed by atoms with Crippen LogP contribution >= 0.6 is 0 Å². The van der Waals surface area contributed by atoms with E-state index in [2.05, 4.69) is 4.98 Å². The number of methoxy groups -OCH3 is 2. The molecule has 0 radical (unpaired) electrons. The van der Waals surface area contributed by atoms with Gasteiger partial charge in [-0.25, -0.2) is 4.68 Å². The molecule has 0 unspecified atom stereocenters. The first-order valence-electron chi connectivity index (χ1n) is 10.1. The van der Waals surface area contributed by atoms with Gasteiger partial charge in [0, 0.05) is 37.7 Å². The smallest absolute Gasteiger partial charge is 0.257 e. The lowest BCUT2D eigenvalue weighted by Gasteiger charge is -2.17. The van der Waals surface area contributed by atoms with E-state index < -0.39 is 0 Å². The molecule has 32 heavy (non-hydrogen) atoms. The van der Waals surface area contributed by atoms with Crippen molar-refractivity contribution < 1.29 is 14.3 Å². The summed E-state index contributed by atoms with van der Waals surface area (Å²) < 4.78 is 12.5. The third-order valence-electron chi connectivity index (χ3n) is 5.11. The van der Waals surface area contributed by atoms with Crippen molar-refractivity contribution in [1.82, 2.24) is 19.7 Å². The van der Waals surface area contributed by atoms with Crippen LogP contribution in [0.25, 0.3) is 16.9 Å². The van der Waals surface area contributed by atoms with Gasteiger partial charge in [-0.3, -0.25) is 9.78 Å². The predicted octanol–water partition coefficient (Wildman–Crippen LogP) is 4.22. The molecular weight excluding hydrogens is 404 g/mol. The summed E-state index contributed by atoms with van der Waals surface area (Å²) in [4.78, 5) is 19.3. The van der Waals surface area contributed by atoms with Crippen LogP contribution in [0.2, 0.25) is 0 Å². The highest BCUT2D eigenvalue weighted by Gasteiger charge is 2.23. The van der Waals surface area contributed by atoms with Crippen LogP contribution in [-0.4, -0.2) is 46.8 Å². The Morgan fingerprint density at radius 2 is 1.78 bits per heavy atom. The zero-order valence-corrected chi connectivity index (χ0v) is 18.2. The number of carbonyl (C=O) groups is 1. The van der Waals surface area contributed by atoms with Crippen LogP contribution in [0, 0.1) is 0 Å². The summed E-state index contributed by atoms with van der Waals surface area (Å²) in [6.07, 6.45) is 5.24. The van der Waals surface area contributed by atoms with Crippen LogP contribution in [0.4, 0.5) is 0 Å². The van der Waals surface area contributed by atoms with Crippen molar-refractivity contribution in [3.63, 3.8) is 0 Å². The Hall–Kier alpha value is -4.13. The monoisotopic (exact) mass is 428 g/mol. The third-order valence-corrected chi connectivity index (χ3v) is 5.11. The summed E-state index contributed by atoms with van der Waals surface area (Å²) in [5, 5.41) is 4.75. The van der Waals surface area contributed by atoms with Crippen LogP contribution in [0.3, 0.4) is 0 Å². The van der Waals surface area contributed by atoms with E-state index in [1.165, 1.54) is 0 Å². The van der Waals surface area contributed by atoms with E-state index >= 15 is 0 Å². The number of para-hydroxylation sites is 1. The Bertz CT molecular complexity index is 1210. The molecule has 4 aromatic rings. The first kappa shape index (κ1) is 21.1. The maximum Gasteiger partial charge on any atom is 0.257 e. The average Bonchev–Trinajstić information content (AvgIpc) is 3.29. The molecule has 2 aromatic heterocycles. The topological polar surface area (TPSA) is 69.5 Å². The van der Waals surface area contributed by atoms with E-state index in [0.29, 0.717) is 29.3 Å². The number of hydrogen-bond donors (Lipinski definition) is 0. The van der Waals surface area contributed by atoms with Gasteiger partial charge in [0.1, 0.15) is 5.69 Å². The van der Waals surface area contributed by atoms with Gasteiger partial charge in [-0.1, -0.05) is 24.3 Å². The Morgan fingerprint density at radius 3 is 2.47 bits per heavy atom. The molecule has 0 saturated heterocycles. The molecule has 0 bridgehead atoms. The molecule has 0 spiro atoms. The normalized spacial score (nSPS) is 10.6. The molecule has 7 nitrogen and oxygen atoms in total. The van der Waals surface area contributed by atoms with Crippen molar-refractivity contribution >= 4 is 5.91 Å². The van der Waals surface area contributed by atoms with Crippen LogP contribution in [0.15, 0.2) is 79.3 Å². The van der Waals surface area contributed by atoms with Gasteiger partial charge in [0.15, 0.2) is 11.5 Å². The lowest BCUT2D eigenvalue weighted by molar-refractivity contribution is 0.0785. The molecule has 0 aliphatic rings. The van der Waals surface area contributed by atoms with Crippen molar-refractivity contribution in [2.45, 2.75) is 6.54 Å². The third kappa shape index (κ3) is 4.32. The van der Waals surface area contributed by atoms with Gasteiger partial charge in [-0.2, -0.15) is 5.10 Å². The SMILES string of the molecule is COc1ccc(-c2nn(-c3ccccc3)cc2C(=O)N(C)Cc2cccnc2)cc1OC. The van der Waals surface area contributed by atoms with E-state index in [9.17, 15) is 4.79 Å². The zero-order chi connectivity index (χ0) is 22.5. The fourth-order valence-corrected chi connectivity index (χ4v) is 3.48. The maximum absolute atomic E-state index is 13.5. The molecule has 0 aliphatic carbocycles. The Morgan fingerprint density at radius 1 is 1.00 bits per heavy atom. The van der Waals surface area contributed by atoms with Gasteiger partial charge in [0.25, 0.3) is 5.91 Å². The summed E-state index contributed by atoms with van der Waals surface area (Å²) in [5.41, 5.74) is 3.63. The second-order valence-electron chi connectivity index (χ2n) is 7.26. The average molecular weight is 428 g/mol. The molecule has 0 N–H and O–H groups in total. The fourth-order valence-electron chi connectivity index (χ4n) is 3.48. The Kier molecular flexibility index (Phi) is 6.17. The predicted molar refractivity (Wildman–Crippen MR) is 122 cm³/mol. The van der Waals surface area contributed by atoms with Crippen molar-refractivity contribution in [2.75, 3.05) is 21.3 Å². The number of pyridine rings is 1. The molecule has 162 valence electrons. The van der Waals surface area contributed by atoms with Gasteiger partial charge in [-0.05, 0) is 42.0 Å². The first-order chi connectivity index (χ1) is 15.6. The summed E-state index contributed by atoms with van der Waals surface area (Å²) in [5.74, 6) is 1.04. The second kappa shape index (κ2) is 9.34. The zero-order valence-electron chi connectivity index (χ0n) is 18.2. The van der Waals surface area contributed by atoms with Crippen molar-refractivity contribution in [1.29, 1.82) is 0 Å². The van der Waals surface area contributed by atoms with Crippen LogP contribution < -0.4 is 9.47 Å². The van der Waals surface area contributed by atoms with Crippen molar-refractivity contribution in [2.24, 2.45) is 0 Å². The van der Waals surface area contributed by atoms with Gasteiger partial charge in [0.2, 0.25) is 0 Å². The number of carbonyl (C=O) groups excluding carboxylic acids is 1. The highest BCUT2D eigenvalue weighted by atomic mass is 16.5. The van der Waals surface area contributed by atoms with Gasteiger partial charge < -0.3 is 14.4 Å². The van der Waals surface area contributed by atoms with Crippen LogP contribution in [0.1, 0.15) is 15.9 Å². The lowest BCUT2D eigenvalue weighted by atomic mass is 10.1. The number of nitrogens with zero attached hydrogens (tertiary/aromatic N) is 4. The standard InChI is InChI=1S/C25H24N4O3/c1-28(16-18-8-7-13-26-15-18)25(30)21-17-29(20-9-5-4-6-10-20)27-24(21)19-11-12-22(31-2)23(14-19)32-3/h4-15,17H,16H2,1-3H3. The van der Waals surface area contributed by atoms with E-state index in [1.54, 1.807) is 49.4 Å². The molecule has 7 heteroatoms. The second-order valence-corrected chi connectivity index (χ2v) is 7.26. The van der Waals surface area contributed by atoms with E-state index in [1.807, 2.05) is 60.7 Å². The number of aromatic nitrogens is 3. The van der Waals surface area contributed by atoms with Crippen molar-refractivity contribution in [3.05, 3.63) is 90.4 Å².